The molecule has 17 heavy (non-hydrogen) atoms. The number of halogens is 1. The SMILES string of the molecule is Clc1cccc(Oc2cccc3c2OCC3)c1. The Kier molecular flexibility index (Phi) is 2.65. The van der Waals surface area contributed by atoms with E-state index in [2.05, 4.69) is 6.07 Å². The van der Waals surface area contributed by atoms with E-state index in [1.54, 1.807) is 6.07 Å². The van der Waals surface area contributed by atoms with Crippen molar-refractivity contribution in [3.63, 3.8) is 0 Å². The maximum absolute atomic E-state index is 5.92. The summed E-state index contributed by atoms with van der Waals surface area (Å²) in [6.07, 6.45) is 0.947. The first-order valence-corrected chi connectivity index (χ1v) is 5.89. The number of hydrogen-bond acceptors (Lipinski definition) is 2. The summed E-state index contributed by atoms with van der Waals surface area (Å²) >= 11 is 5.92. The second kappa shape index (κ2) is 4.30. The average Bonchev–Trinajstić information content (AvgIpc) is 2.78. The van der Waals surface area contributed by atoms with Gasteiger partial charge < -0.3 is 9.47 Å². The molecule has 0 N–H and O–H groups in total. The summed E-state index contributed by atoms with van der Waals surface area (Å²) in [6, 6.07) is 13.3. The summed E-state index contributed by atoms with van der Waals surface area (Å²) in [7, 11) is 0. The zero-order chi connectivity index (χ0) is 11.7. The lowest BCUT2D eigenvalue weighted by molar-refractivity contribution is 0.338. The molecule has 1 aliphatic heterocycles. The number of benzene rings is 2. The Morgan fingerprint density at radius 3 is 2.88 bits per heavy atom. The van der Waals surface area contributed by atoms with Gasteiger partial charge in [0.25, 0.3) is 0 Å². The minimum Gasteiger partial charge on any atom is -0.489 e. The molecule has 0 saturated heterocycles. The first-order chi connectivity index (χ1) is 8.33. The van der Waals surface area contributed by atoms with Crippen molar-refractivity contribution in [2.45, 2.75) is 6.42 Å². The van der Waals surface area contributed by atoms with Crippen molar-refractivity contribution in [2.75, 3.05) is 6.61 Å². The molecule has 0 amide bonds. The predicted octanol–water partition coefficient (Wildman–Crippen LogP) is 4.07. The Labute approximate surface area is 105 Å². The number of hydrogen-bond donors (Lipinski definition) is 0. The minimum atomic E-state index is 0.663. The predicted molar refractivity (Wildman–Crippen MR) is 67.2 cm³/mol. The van der Waals surface area contributed by atoms with Crippen LogP contribution in [0.1, 0.15) is 5.56 Å². The number of para-hydroxylation sites is 1. The molecule has 0 aromatic heterocycles. The van der Waals surface area contributed by atoms with Crippen molar-refractivity contribution in [3.8, 4) is 17.2 Å². The Morgan fingerprint density at radius 2 is 2.00 bits per heavy atom. The number of fused-ring (bicyclic) bond motifs is 1. The molecule has 0 spiro atoms. The average molecular weight is 247 g/mol. The topological polar surface area (TPSA) is 18.5 Å². The van der Waals surface area contributed by atoms with Gasteiger partial charge in [0.1, 0.15) is 5.75 Å². The van der Waals surface area contributed by atoms with Crippen LogP contribution < -0.4 is 9.47 Å². The van der Waals surface area contributed by atoms with Crippen molar-refractivity contribution in [1.82, 2.24) is 0 Å². The Hall–Kier alpha value is -1.67. The van der Waals surface area contributed by atoms with Crippen molar-refractivity contribution < 1.29 is 9.47 Å². The molecule has 2 aromatic carbocycles. The standard InChI is InChI=1S/C14H11ClO2/c15-11-4-2-5-12(9-11)17-13-6-1-3-10-7-8-16-14(10)13/h1-6,9H,7-8H2. The second-order valence-electron chi connectivity index (χ2n) is 3.90. The van der Waals surface area contributed by atoms with Gasteiger partial charge in [-0.15, -0.1) is 0 Å². The molecule has 0 unspecified atom stereocenters. The Morgan fingerprint density at radius 1 is 1.12 bits per heavy atom. The molecular weight excluding hydrogens is 236 g/mol. The fourth-order valence-electron chi connectivity index (χ4n) is 1.92. The minimum absolute atomic E-state index is 0.663. The van der Waals surface area contributed by atoms with Crippen LogP contribution in [-0.2, 0) is 6.42 Å². The van der Waals surface area contributed by atoms with E-state index in [1.807, 2.05) is 30.3 Å². The van der Waals surface area contributed by atoms with Crippen LogP contribution in [0.4, 0.5) is 0 Å². The molecule has 86 valence electrons. The molecule has 3 rings (SSSR count). The quantitative estimate of drug-likeness (QED) is 0.795. The molecule has 0 atom stereocenters. The van der Waals surface area contributed by atoms with Crippen LogP contribution in [0, 0.1) is 0 Å². The van der Waals surface area contributed by atoms with Crippen LogP contribution in [0.2, 0.25) is 5.02 Å². The molecule has 1 heterocycles. The third-order valence-corrected chi connectivity index (χ3v) is 2.94. The lowest BCUT2D eigenvalue weighted by Crippen LogP contribution is -1.90. The van der Waals surface area contributed by atoms with Gasteiger partial charge in [-0.25, -0.2) is 0 Å². The van der Waals surface area contributed by atoms with Crippen LogP contribution in [0.5, 0.6) is 17.2 Å². The second-order valence-corrected chi connectivity index (χ2v) is 4.34. The highest BCUT2D eigenvalue weighted by Gasteiger charge is 2.17. The molecule has 0 radical (unpaired) electrons. The van der Waals surface area contributed by atoms with E-state index in [0.29, 0.717) is 5.02 Å². The van der Waals surface area contributed by atoms with Crippen LogP contribution >= 0.6 is 11.6 Å². The third kappa shape index (κ3) is 2.08. The fourth-order valence-corrected chi connectivity index (χ4v) is 2.10. The normalized spacial score (nSPS) is 13.0. The van der Waals surface area contributed by atoms with E-state index >= 15 is 0 Å². The maximum atomic E-state index is 5.92. The molecule has 1 aliphatic rings. The van der Waals surface area contributed by atoms with E-state index in [-0.39, 0.29) is 0 Å². The third-order valence-electron chi connectivity index (χ3n) is 2.70. The van der Waals surface area contributed by atoms with E-state index in [9.17, 15) is 0 Å². The van der Waals surface area contributed by atoms with Gasteiger partial charge in [-0.1, -0.05) is 29.8 Å². The van der Waals surface area contributed by atoms with Gasteiger partial charge in [-0.3, -0.25) is 0 Å². The first kappa shape index (κ1) is 10.5. The number of ether oxygens (including phenoxy) is 2. The molecule has 0 aliphatic carbocycles. The van der Waals surface area contributed by atoms with Crippen LogP contribution in [0.15, 0.2) is 42.5 Å². The molecule has 2 nitrogen and oxygen atoms in total. The van der Waals surface area contributed by atoms with Crippen molar-refractivity contribution in [3.05, 3.63) is 53.1 Å². The molecular formula is C14H11ClO2. The van der Waals surface area contributed by atoms with E-state index in [1.165, 1.54) is 5.56 Å². The van der Waals surface area contributed by atoms with Gasteiger partial charge in [0.15, 0.2) is 11.5 Å². The van der Waals surface area contributed by atoms with Crippen molar-refractivity contribution >= 4 is 11.6 Å². The summed E-state index contributed by atoms with van der Waals surface area (Å²) < 4.78 is 11.4. The van der Waals surface area contributed by atoms with Crippen LogP contribution in [-0.4, -0.2) is 6.61 Å². The molecule has 0 fully saturated rings. The highest BCUT2D eigenvalue weighted by atomic mass is 35.5. The highest BCUT2D eigenvalue weighted by molar-refractivity contribution is 6.30. The van der Waals surface area contributed by atoms with Gasteiger partial charge in [0.05, 0.1) is 6.61 Å². The maximum Gasteiger partial charge on any atom is 0.169 e. The summed E-state index contributed by atoms with van der Waals surface area (Å²) in [6.45, 7) is 0.727. The summed E-state index contributed by atoms with van der Waals surface area (Å²) in [5.41, 5.74) is 1.20. The van der Waals surface area contributed by atoms with Crippen LogP contribution in [0.25, 0.3) is 0 Å². The van der Waals surface area contributed by atoms with Crippen molar-refractivity contribution in [1.29, 1.82) is 0 Å². The van der Waals surface area contributed by atoms with Gasteiger partial charge in [0, 0.05) is 17.0 Å². The van der Waals surface area contributed by atoms with Crippen LogP contribution in [0.3, 0.4) is 0 Å². The first-order valence-electron chi connectivity index (χ1n) is 5.51. The Balaban J connectivity index is 1.93. The molecule has 0 bridgehead atoms. The molecule has 2 aromatic rings. The number of rotatable bonds is 2. The highest BCUT2D eigenvalue weighted by Crippen LogP contribution is 2.38. The van der Waals surface area contributed by atoms with Gasteiger partial charge in [0.2, 0.25) is 0 Å². The zero-order valence-electron chi connectivity index (χ0n) is 9.15. The smallest absolute Gasteiger partial charge is 0.169 e. The van der Waals surface area contributed by atoms with Crippen molar-refractivity contribution in [2.24, 2.45) is 0 Å². The van der Waals surface area contributed by atoms with Gasteiger partial charge >= 0.3 is 0 Å². The van der Waals surface area contributed by atoms with Gasteiger partial charge in [-0.05, 0) is 24.3 Å². The largest absolute Gasteiger partial charge is 0.489 e. The molecule has 3 heteroatoms. The van der Waals surface area contributed by atoms with E-state index < -0.39 is 0 Å². The van der Waals surface area contributed by atoms with Gasteiger partial charge in [-0.2, -0.15) is 0 Å². The lowest BCUT2D eigenvalue weighted by Gasteiger charge is -2.09. The Bertz CT molecular complexity index is 552. The summed E-state index contributed by atoms with van der Waals surface area (Å²) in [5.74, 6) is 2.33. The monoisotopic (exact) mass is 246 g/mol. The fraction of sp³-hybridized carbons (Fsp3) is 0.143. The molecule has 0 saturated carbocycles. The summed E-state index contributed by atoms with van der Waals surface area (Å²) in [4.78, 5) is 0. The zero-order valence-corrected chi connectivity index (χ0v) is 9.91. The summed E-state index contributed by atoms with van der Waals surface area (Å²) in [5, 5.41) is 0.663. The van der Waals surface area contributed by atoms with E-state index in [0.717, 1.165) is 30.3 Å². The lowest BCUT2D eigenvalue weighted by atomic mass is 10.1. The van der Waals surface area contributed by atoms with E-state index in [4.69, 9.17) is 21.1 Å².